The molecule has 0 aromatic heterocycles. The lowest BCUT2D eigenvalue weighted by Gasteiger charge is -2.09. The normalized spacial score (nSPS) is 10.5. The first-order valence-corrected chi connectivity index (χ1v) is 8.28. The minimum atomic E-state index is -0.583. The summed E-state index contributed by atoms with van der Waals surface area (Å²) in [6.45, 7) is 0. The molecule has 9 nitrogen and oxygen atoms in total. The Labute approximate surface area is 163 Å². The van der Waals surface area contributed by atoms with E-state index in [1.807, 2.05) is 0 Å². The number of hydrazone groups is 1. The molecule has 0 bridgehead atoms. The molecule has 142 valence electrons. The molecule has 2 aromatic carbocycles. The third-order valence-corrected chi connectivity index (χ3v) is 4.00. The molecular formula is C17H16BrN3O6. The van der Waals surface area contributed by atoms with Crippen molar-refractivity contribution >= 4 is 33.7 Å². The molecule has 0 unspecified atom stereocenters. The molecule has 0 saturated carbocycles. The Kier molecular flexibility index (Phi) is 6.72. The number of hydrogen-bond acceptors (Lipinski definition) is 7. The van der Waals surface area contributed by atoms with Crippen LogP contribution in [-0.2, 0) is 0 Å². The summed E-state index contributed by atoms with van der Waals surface area (Å²) >= 11 is 3.29. The monoisotopic (exact) mass is 437 g/mol. The third kappa shape index (κ3) is 4.73. The molecule has 0 aliphatic rings. The van der Waals surface area contributed by atoms with Crippen molar-refractivity contribution < 1.29 is 23.9 Å². The predicted molar refractivity (Wildman–Crippen MR) is 102 cm³/mol. The van der Waals surface area contributed by atoms with Crippen molar-refractivity contribution in [2.24, 2.45) is 5.10 Å². The summed E-state index contributed by atoms with van der Waals surface area (Å²) in [6.07, 6.45) is 1.24. The van der Waals surface area contributed by atoms with Crippen LogP contribution in [0.1, 0.15) is 15.9 Å². The maximum Gasteiger partial charge on any atom is 0.311 e. The number of hydrogen-bond donors (Lipinski definition) is 1. The number of nitro benzene ring substituents is 1. The minimum absolute atomic E-state index is 0.0527. The number of amides is 1. The highest BCUT2D eigenvalue weighted by Gasteiger charge is 2.19. The van der Waals surface area contributed by atoms with Crippen molar-refractivity contribution in [3.8, 4) is 17.2 Å². The smallest absolute Gasteiger partial charge is 0.311 e. The van der Waals surface area contributed by atoms with Gasteiger partial charge in [0.15, 0.2) is 0 Å². The lowest BCUT2D eigenvalue weighted by Crippen LogP contribution is -2.18. The first kappa shape index (κ1) is 20.2. The molecule has 0 saturated heterocycles. The Bertz CT molecular complexity index is 900. The molecular weight excluding hydrogens is 422 g/mol. The van der Waals surface area contributed by atoms with E-state index in [-0.39, 0.29) is 17.0 Å². The number of benzene rings is 2. The average molecular weight is 438 g/mol. The van der Waals surface area contributed by atoms with Crippen molar-refractivity contribution in [3.05, 3.63) is 56.0 Å². The second kappa shape index (κ2) is 8.99. The van der Waals surface area contributed by atoms with E-state index in [2.05, 4.69) is 26.5 Å². The zero-order chi connectivity index (χ0) is 20.0. The van der Waals surface area contributed by atoms with Gasteiger partial charge in [-0.3, -0.25) is 14.9 Å². The molecule has 2 aromatic rings. The standard InChI is InChI=1S/C17H16BrN3O6/c1-25-14-5-4-11(18)7-12(14)17(22)20-19-9-10-6-13(21(23)24)16(27-3)8-15(10)26-2/h4-9H,1-3H3,(H,20,22)/b19-9-. The first-order chi connectivity index (χ1) is 12.9. The third-order valence-electron chi connectivity index (χ3n) is 3.50. The summed E-state index contributed by atoms with van der Waals surface area (Å²) in [5.74, 6) is 0.224. The van der Waals surface area contributed by atoms with Gasteiger partial charge in [0, 0.05) is 22.2 Å². The molecule has 0 atom stereocenters. The van der Waals surface area contributed by atoms with Gasteiger partial charge in [-0.25, -0.2) is 5.43 Å². The van der Waals surface area contributed by atoms with Crippen LogP contribution in [0.15, 0.2) is 39.9 Å². The quantitative estimate of drug-likeness (QED) is 0.404. The fraction of sp³-hybridized carbons (Fsp3) is 0.176. The summed E-state index contributed by atoms with van der Waals surface area (Å²) < 4.78 is 16.0. The highest BCUT2D eigenvalue weighted by Crippen LogP contribution is 2.33. The highest BCUT2D eigenvalue weighted by atomic mass is 79.9. The number of carbonyl (C=O) groups is 1. The van der Waals surface area contributed by atoms with E-state index < -0.39 is 10.8 Å². The lowest BCUT2D eigenvalue weighted by molar-refractivity contribution is -0.385. The fourth-order valence-electron chi connectivity index (χ4n) is 2.23. The number of nitrogens with zero attached hydrogens (tertiary/aromatic N) is 2. The van der Waals surface area contributed by atoms with Crippen molar-refractivity contribution in [1.82, 2.24) is 5.43 Å². The van der Waals surface area contributed by atoms with Gasteiger partial charge >= 0.3 is 5.69 Å². The predicted octanol–water partition coefficient (Wildman–Crippen LogP) is 3.15. The molecule has 2 rings (SSSR count). The second-order valence-corrected chi connectivity index (χ2v) is 5.98. The first-order valence-electron chi connectivity index (χ1n) is 7.48. The second-order valence-electron chi connectivity index (χ2n) is 5.07. The summed E-state index contributed by atoms with van der Waals surface area (Å²) in [6, 6.07) is 7.58. The lowest BCUT2D eigenvalue weighted by atomic mass is 10.1. The van der Waals surface area contributed by atoms with Crippen molar-refractivity contribution in [3.63, 3.8) is 0 Å². The number of nitro groups is 1. The Morgan fingerprint density at radius 1 is 1.11 bits per heavy atom. The highest BCUT2D eigenvalue weighted by molar-refractivity contribution is 9.10. The number of ether oxygens (including phenoxy) is 3. The van der Waals surface area contributed by atoms with Crippen LogP contribution in [0.5, 0.6) is 17.2 Å². The van der Waals surface area contributed by atoms with Crippen LogP contribution in [0, 0.1) is 10.1 Å². The summed E-state index contributed by atoms with van der Waals surface area (Å²) in [7, 11) is 4.18. The molecule has 1 amide bonds. The van der Waals surface area contributed by atoms with E-state index in [0.717, 1.165) is 0 Å². The van der Waals surface area contributed by atoms with E-state index in [1.165, 1.54) is 39.7 Å². The van der Waals surface area contributed by atoms with Gasteiger partial charge in [0.25, 0.3) is 5.91 Å². The Hall–Kier alpha value is -3.14. The molecule has 0 aliphatic heterocycles. The number of nitrogens with one attached hydrogen (secondary N) is 1. The summed E-state index contributed by atoms with van der Waals surface area (Å²) in [4.78, 5) is 22.9. The van der Waals surface area contributed by atoms with Crippen LogP contribution in [0.4, 0.5) is 5.69 Å². The van der Waals surface area contributed by atoms with Crippen LogP contribution in [0.25, 0.3) is 0 Å². The van der Waals surface area contributed by atoms with Crippen LogP contribution < -0.4 is 19.6 Å². The molecule has 0 fully saturated rings. The van der Waals surface area contributed by atoms with Gasteiger partial charge in [-0.1, -0.05) is 15.9 Å². The van der Waals surface area contributed by atoms with Gasteiger partial charge in [-0.05, 0) is 18.2 Å². The molecule has 27 heavy (non-hydrogen) atoms. The van der Waals surface area contributed by atoms with Gasteiger partial charge < -0.3 is 14.2 Å². The van der Waals surface area contributed by atoms with E-state index in [4.69, 9.17) is 14.2 Å². The van der Waals surface area contributed by atoms with Crippen molar-refractivity contribution in [2.45, 2.75) is 0 Å². The Morgan fingerprint density at radius 2 is 1.78 bits per heavy atom. The van der Waals surface area contributed by atoms with Crippen LogP contribution in [0.2, 0.25) is 0 Å². The number of halogens is 1. The zero-order valence-corrected chi connectivity index (χ0v) is 16.3. The maximum atomic E-state index is 12.3. The zero-order valence-electron chi connectivity index (χ0n) is 14.7. The Morgan fingerprint density at radius 3 is 2.37 bits per heavy atom. The van der Waals surface area contributed by atoms with Gasteiger partial charge in [0.05, 0.1) is 38.0 Å². The molecule has 1 N–H and O–H groups in total. The van der Waals surface area contributed by atoms with Crippen LogP contribution in [0.3, 0.4) is 0 Å². The van der Waals surface area contributed by atoms with Crippen molar-refractivity contribution in [1.29, 1.82) is 0 Å². The number of carbonyl (C=O) groups excluding carboxylic acids is 1. The largest absolute Gasteiger partial charge is 0.496 e. The van der Waals surface area contributed by atoms with E-state index in [1.54, 1.807) is 18.2 Å². The molecule has 0 radical (unpaired) electrons. The number of methoxy groups -OCH3 is 3. The average Bonchev–Trinajstić information content (AvgIpc) is 2.67. The van der Waals surface area contributed by atoms with E-state index >= 15 is 0 Å². The molecule has 10 heteroatoms. The molecule has 0 aliphatic carbocycles. The van der Waals surface area contributed by atoms with Gasteiger partial charge in [0.1, 0.15) is 11.5 Å². The summed E-state index contributed by atoms with van der Waals surface area (Å²) in [5, 5.41) is 15.0. The van der Waals surface area contributed by atoms with Gasteiger partial charge in [-0.2, -0.15) is 5.10 Å². The van der Waals surface area contributed by atoms with E-state index in [0.29, 0.717) is 21.5 Å². The topological polar surface area (TPSA) is 112 Å². The molecule has 0 spiro atoms. The van der Waals surface area contributed by atoms with Gasteiger partial charge in [0.2, 0.25) is 5.75 Å². The Balaban J connectivity index is 2.28. The van der Waals surface area contributed by atoms with Crippen LogP contribution >= 0.6 is 15.9 Å². The number of rotatable bonds is 7. The minimum Gasteiger partial charge on any atom is -0.496 e. The van der Waals surface area contributed by atoms with Crippen molar-refractivity contribution in [2.75, 3.05) is 21.3 Å². The van der Waals surface area contributed by atoms with E-state index in [9.17, 15) is 14.9 Å². The van der Waals surface area contributed by atoms with Crippen LogP contribution in [-0.4, -0.2) is 38.4 Å². The maximum absolute atomic E-state index is 12.3. The fourth-order valence-corrected chi connectivity index (χ4v) is 2.59. The van der Waals surface area contributed by atoms with Gasteiger partial charge in [-0.15, -0.1) is 0 Å². The SMILES string of the molecule is COc1cc(OC)c([N+](=O)[O-])cc1/C=N\NC(=O)c1cc(Br)ccc1OC. The molecule has 0 heterocycles. The summed E-state index contributed by atoms with van der Waals surface area (Å²) in [5.41, 5.74) is 2.67.